The molecule has 0 aliphatic carbocycles. The summed E-state index contributed by atoms with van der Waals surface area (Å²) in [5, 5.41) is 20.1. The van der Waals surface area contributed by atoms with Gasteiger partial charge in [0.2, 0.25) is 5.84 Å². The van der Waals surface area contributed by atoms with Crippen LogP contribution in [-0.4, -0.2) is 59.2 Å². The zero-order chi connectivity index (χ0) is 18.3. The van der Waals surface area contributed by atoms with E-state index in [4.69, 9.17) is 0 Å². The molecule has 5 nitrogen and oxygen atoms in total. The average Bonchev–Trinajstić information content (AvgIpc) is 2.94. The number of hydrogen-bond acceptors (Lipinski definition) is 4. The minimum absolute atomic E-state index is 0.0324. The highest BCUT2D eigenvalue weighted by molar-refractivity contribution is 5.79. The first kappa shape index (κ1) is 21.9. The summed E-state index contributed by atoms with van der Waals surface area (Å²) >= 11 is 0. The van der Waals surface area contributed by atoms with Gasteiger partial charge in [-0.15, -0.1) is 0 Å². The number of hydrogen-bond donors (Lipinski definition) is 1. The zero-order valence-corrected chi connectivity index (χ0v) is 16.2. The first-order chi connectivity index (χ1) is 12.2. The van der Waals surface area contributed by atoms with E-state index in [1.165, 1.54) is 64.2 Å². The molecule has 0 radical (unpaired) electrons. The Morgan fingerprint density at radius 3 is 2.12 bits per heavy atom. The largest absolute Gasteiger partial charge is 0.546 e. The molecule has 0 fully saturated rings. The van der Waals surface area contributed by atoms with Gasteiger partial charge in [-0.1, -0.05) is 71.1 Å². The summed E-state index contributed by atoms with van der Waals surface area (Å²) in [5.74, 6) is 0.0523. The van der Waals surface area contributed by atoms with Crippen molar-refractivity contribution in [2.24, 2.45) is 0 Å². The van der Waals surface area contributed by atoms with Gasteiger partial charge in [0.05, 0.1) is 12.6 Å². The molecule has 1 rings (SSSR count). The lowest BCUT2D eigenvalue weighted by molar-refractivity contribution is -0.520. The van der Waals surface area contributed by atoms with Crippen molar-refractivity contribution in [3.05, 3.63) is 0 Å². The number of aliphatic hydroxyl groups is 1. The Kier molecular flexibility index (Phi) is 12.4. The van der Waals surface area contributed by atoms with Crippen molar-refractivity contribution < 1.29 is 19.6 Å². The number of nitrogens with zero attached hydrogens (tertiary/aromatic N) is 2. The molecule has 0 saturated carbocycles. The Balaban J connectivity index is 2.14. The molecule has 0 saturated heterocycles. The van der Waals surface area contributed by atoms with Crippen LogP contribution in [0.2, 0.25) is 0 Å². The van der Waals surface area contributed by atoms with Crippen LogP contribution in [0.15, 0.2) is 0 Å². The number of amidine groups is 1. The molecular weight excluding hydrogens is 316 g/mol. The maximum Gasteiger partial charge on any atom is 0.247 e. The number of carboxylic acids is 1. The van der Waals surface area contributed by atoms with Crippen molar-refractivity contribution in [2.75, 3.05) is 32.8 Å². The number of rotatable bonds is 16. The van der Waals surface area contributed by atoms with Crippen molar-refractivity contribution >= 4 is 11.8 Å². The first-order valence-electron chi connectivity index (χ1n) is 10.4. The monoisotopic (exact) mass is 354 g/mol. The molecule has 1 aliphatic heterocycles. The highest BCUT2D eigenvalue weighted by Crippen LogP contribution is 2.14. The number of carbonyl (C=O) groups excluding carboxylic acids is 1. The summed E-state index contributed by atoms with van der Waals surface area (Å²) in [7, 11) is 0. The third-order valence-electron chi connectivity index (χ3n) is 5.06. The van der Waals surface area contributed by atoms with Crippen LogP contribution in [0.25, 0.3) is 0 Å². The summed E-state index contributed by atoms with van der Waals surface area (Å²) in [6.45, 7) is 4.46. The van der Waals surface area contributed by atoms with Crippen molar-refractivity contribution in [3.8, 4) is 0 Å². The Morgan fingerprint density at radius 2 is 1.60 bits per heavy atom. The fourth-order valence-corrected chi connectivity index (χ4v) is 3.65. The van der Waals surface area contributed by atoms with E-state index in [0.29, 0.717) is 6.54 Å². The van der Waals surface area contributed by atoms with Crippen LogP contribution in [0.4, 0.5) is 0 Å². The highest BCUT2D eigenvalue weighted by Gasteiger charge is 2.29. The number of carboxylic acid groups (broad SMARTS) is 1. The lowest BCUT2D eigenvalue weighted by Gasteiger charge is -2.12. The molecule has 5 heteroatoms. The van der Waals surface area contributed by atoms with Gasteiger partial charge in [0, 0.05) is 6.42 Å². The first-order valence-corrected chi connectivity index (χ1v) is 10.4. The number of aliphatic carboxylic acids is 1. The maximum atomic E-state index is 10.9. The summed E-state index contributed by atoms with van der Waals surface area (Å²) < 4.78 is 1.90. The van der Waals surface area contributed by atoms with Gasteiger partial charge in [0.15, 0.2) is 0 Å². The van der Waals surface area contributed by atoms with Gasteiger partial charge >= 0.3 is 0 Å². The SMILES string of the molecule is CCCCCCCCCCCCCC1=[N+](CC(=O)[O-])CCN1CCO. The van der Waals surface area contributed by atoms with Gasteiger partial charge < -0.3 is 15.0 Å². The van der Waals surface area contributed by atoms with Crippen LogP contribution >= 0.6 is 0 Å². The van der Waals surface area contributed by atoms with Crippen molar-refractivity contribution in [1.29, 1.82) is 0 Å². The lowest BCUT2D eigenvalue weighted by Crippen LogP contribution is -2.36. The van der Waals surface area contributed by atoms with Gasteiger partial charge in [-0.25, -0.2) is 0 Å². The van der Waals surface area contributed by atoms with Crippen LogP contribution in [0.5, 0.6) is 0 Å². The van der Waals surface area contributed by atoms with E-state index in [0.717, 1.165) is 31.8 Å². The molecule has 146 valence electrons. The zero-order valence-electron chi connectivity index (χ0n) is 16.2. The minimum atomic E-state index is -1.03. The number of unbranched alkanes of at least 4 members (excludes halogenated alkanes) is 10. The lowest BCUT2D eigenvalue weighted by atomic mass is 10.1. The third kappa shape index (κ3) is 9.83. The quantitative estimate of drug-likeness (QED) is 0.341. The Morgan fingerprint density at radius 1 is 1.04 bits per heavy atom. The summed E-state index contributed by atoms with van der Waals surface area (Å²) in [4.78, 5) is 13.0. The third-order valence-corrected chi connectivity index (χ3v) is 5.06. The van der Waals surface area contributed by atoms with Crippen LogP contribution in [0.3, 0.4) is 0 Å². The second kappa shape index (κ2) is 14.1. The molecule has 0 aromatic carbocycles. The Labute approximate surface area is 153 Å². The predicted octanol–water partition coefficient (Wildman–Crippen LogP) is 2.16. The number of carbonyl (C=O) groups is 1. The number of aliphatic hydroxyl groups excluding tert-OH is 1. The number of β-amino-alcohol motifs (C(OH)–C–C–N with tert-alkyl or cyclic N) is 1. The molecule has 0 amide bonds. The van der Waals surface area contributed by atoms with Gasteiger partial charge in [-0.05, 0) is 6.42 Å². The Hall–Kier alpha value is -1.10. The molecule has 0 aromatic heterocycles. The fraction of sp³-hybridized carbons (Fsp3) is 0.900. The topological polar surface area (TPSA) is 66.6 Å². The normalized spacial score (nSPS) is 14.6. The van der Waals surface area contributed by atoms with Gasteiger partial charge in [-0.2, -0.15) is 0 Å². The summed E-state index contributed by atoms with van der Waals surface area (Å²) in [5.41, 5.74) is 0. The second-order valence-corrected chi connectivity index (χ2v) is 7.21. The molecule has 25 heavy (non-hydrogen) atoms. The predicted molar refractivity (Wildman–Crippen MR) is 99.7 cm³/mol. The smallest absolute Gasteiger partial charge is 0.247 e. The van der Waals surface area contributed by atoms with E-state index in [2.05, 4.69) is 11.8 Å². The van der Waals surface area contributed by atoms with Crippen LogP contribution in [0.1, 0.15) is 84.0 Å². The Bertz CT molecular complexity index is 396. The van der Waals surface area contributed by atoms with Crippen molar-refractivity contribution in [3.63, 3.8) is 0 Å². The summed E-state index contributed by atoms with van der Waals surface area (Å²) in [6, 6.07) is 0. The average molecular weight is 355 g/mol. The van der Waals surface area contributed by atoms with Gasteiger partial charge in [0.1, 0.15) is 26.2 Å². The maximum absolute atomic E-state index is 10.9. The molecule has 0 atom stereocenters. The standard InChI is InChI=1S/C20H38N2O3/c1-2-3-4-5-6-7-8-9-10-11-12-13-19-21(16-17-23)14-15-22(19)18-20(24)25/h23H,2-18H2,1H3. The van der Waals surface area contributed by atoms with Crippen LogP contribution < -0.4 is 5.11 Å². The molecule has 0 spiro atoms. The molecule has 0 aromatic rings. The second-order valence-electron chi connectivity index (χ2n) is 7.21. The van der Waals surface area contributed by atoms with Crippen molar-refractivity contribution in [2.45, 2.75) is 84.0 Å². The van der Waals surface area contributed by atoms with Crippen LogP contribution in [0, 0.1) is 0 Å². The molecule has 0 unspecified atom stereocenters. The molecule has 1 heterocycles. The fourth-order valence-electron chi connectivity index (χ4n) is 3.65. The van der Waals surface area contributed by atoms with Crippen LogP contribution in [-0.2, 0) is 4.79 Å². The summed E-state index contributed by atoms with van der Waals surface area (Å²) in [6.07, 6.45) is 15.3. The molecule has 1 N–H and O–H groups in total. The van der Waals surface area contributed by atoms with E-state index in [1.54, 1.807) is 0 Å². The van der Waals surface area contributed by atoms with Gasteiger partial charge in [0.25, 0.3) is 0 Å². The van der Waals surface area contributed by atoms with E-state index >= 15 is 0 Å². The minimum Gasteiger partial charge on any atom is -0.546 e. The molecular formula is C20H38N2O3. The van der Waals surface area contributed by atoms with E-state index in [1.807, 2.05) is 4.58 Å². The molecule has 0 bridgehead atoms. The molecule has 1 aliphatic rings. The van der Waals surface area contributed by atoms with Crippen molar-refractivity contribution in [1.82, 2.24) is 4.90 Å². The van der Waals surface area contributed by atoms with Gasteiger partial charge in [-0.3, -0.25) is 9.48 Å². The van der Waals surface area contributed by atoms with E-state index in [-0.39, 0.29) is 13.2 Å². The highest BCUT2D eigenvalue weighted by atomic mass is 16.4. The van der Waals surface area contributed by atoms with E-state index < -0.39 is 5.97 Å². The van der Waals surface area contributed by atoms with E-state index in [9.17, 15) is 15.0 Å².